The Labute approximate surface area is 138 Å². The van der Waals surface area contributed by atoms with E-state index < -0.39 is 0 Å². The Balaban J connectivity index is 1.82. The van der Waals surface area contributed by atoms with E-state index in [1.54, 1.807) is 6.07 Å². The van der Waals surface area contributed by atoms with Gasteiger partial charge >= 0.3 is 0 Å². The second-order valence-corrected chi connectivity index (χ2v) is 6.76. The quantitative estimate of drug-likeness (QED) is 0.815. The second kappa shape index (κ2) is 6.16. The predicted molar refractivity (Wildman–Crippen MR) is 90.6 cm³/mol. The van der Waals surface area contributed by atoms with Gasteiger partial charge in [-0.3, -0.25) is 4.79 Å². The maximum absolute atomic E-state index is 12.5. The van der Waals surface area contributed by atoms with Gasteiger partial charge in [0.1, 0.15) is 5.76 Å². The number of rotatable bonds is 2. The van der Waals surface area contributed by atoms with Crippen molar-refractivity contribution in [3.63, 3.8) is 0 Å². The van der Waals surface area contributed by atoms with Crippen molar-refractivity contribution < 1.29 is 9.21 Å². The minimum atomic E-state index is -0.0237. The average Bonchev–Trinajstić information content (AvgIpc) is 2.96. The highest BCUT2D eigenvalue weighted by Crippen LogP contribution is 2.31. The fourth-order valence-electron chi connectivity index (χ4n) is 2.86. The Morgan fingerprint density at radius 3 is 2.91 bits per heavy atom. The molecular formula is C17H19BrN2O2. The molecular weight excluding hydrogens is 344 g/mol. The summed E-state index contributed by atoms with van der Waals surface area (Å²) in [6.07, 6.45) is 2.25. The van der Waals surface area contributed by atoms with Crippen LogP contribution in [0.15, 0.2) is 39.2 Å². The molecule has 5 heteroatoms. The van der Waals surface area contributed by atoms with Crippen molar-refractivity contribution in [1.29, 1.82) is 0 Å². The first-order valence-corrected chi connectivity index (χ1v) is 8.28. The Bertz CT molecular complexity index is 696. The Morgan fingerprint density at radius 1 is 1.36 bits per heavy atom. The van der Waals surface area contributed by atoms with E-state index in [2.05, 4.69) is 22.9 Å². The third-order valence-corrected chi connectivity index (χ3v) is 4.68. The number of nitrogens with zero attached hydrogens (tertiary/aromatic N) is 1. The van der Waals surface area contributed by atoms with E-state index in [0.717, 1.165) is 29.5 Å². The van der Waals surface area contributed by atoms with Crippen LogP contribution in [0.25, 0.3) is 11.3 Å². The minimum absolute atomic E-state index is 0.0237. The van der Waals surface area contributed by atoms with Crippen molar-refractivity contribution in [2.45, 2.75) is 19.8 Å². The summed E-state index contributed by atoms with van der Waals surface area (Å²) in [6.45, 7) is 3.80. The van der Waals surface area contributed by atoms with Crippen LogP contribution in [-0.2, 0) is 0 Å². The highest BCUT2D eigenvalue weighted by Gasteiger charge is 2.24. The third-order valence-electron chi connectivity index (χ3n) is 4.02. The van der Waals surface area contributed by atoms with Crippen LogP contribution >= 0.6 is 15.9 Å². The lowest BCUT2D eigenvalue weighted by Crippen LogP contribution is -2.38. The third kappa shape index (κ3) is 3.04. The maximum Gasteiger partial charge on any atom is 0.289 e. The van der Waals surface area contributed by atoms with Crippen molar-refractivity contribution in [2.75, 3.05) is 18.8 Å². The molecule has 1 aliphatic heterocycles. The molecule has 0 saturated carbocycles. The van der Waals surface area contributed by atoms with Crippen molar-refractivity contribution in [2.24, 2.45) is 5.92 Å². The van der Waals surface area contributed by atoms with E-state index in [0.29, 0.717) is 23.1 Å². The van der Waals surface area contributed by atoms with Gasteiger partial charge in [-0.25, -0.2) is 0 Å². The lowest BCUT2D eigenvalue weighted by atomic mass is 10.0. The van der Waals surface area contributed by atoms with Gasteiger partial charge in [0.25, 0.3) is 5.91 Å². The van der Waals surface area contributed by atoms with E-state index >= 15 is 0 Å². The topological polar surface area (TPSA) is 59.5 Å². The highest BCUT2D eigenvalue weighted by molar-refractivity contribution is 9.10. The molecule has 0 radical (unpaired) electrons. The van der Waals surface area contributed by atoms with Crippen LogP contribution in [0.5, 0.6) is 0 Å². The molecule has 3 rings (SSSR count). The molecule has 1 aliphatic rings. The average molecular weight is 363 g/mol. The normalized spacial score (nSPS) is 18.5. The summed E-state index contributed by atoms with van der Waals surface area (Å²) < 4.78 is 6.63. The van der Waals surface area contributed by atoms with Crippen LogP contribution in [0.3, 0.4) is 0 Å². The smallest absolute Gasteiger partial charge is 0.289 e. The molecule has 0 unspecified atom stereocenters. The van der Waals surface area contributed by atoms with Gasteiger partial charge < -0.3 is 15.1 Å². The van der Waals surface area contributed by atoms with Gasteiger partial charge in [-0.15, -0.1) is 0 Å². The van der Waals surface area contributed by atoms with Gasteiger partial charge in [-0.1, -0.05) is 6.92 Å². The van der Waals surface area contributed by atoms with E-state index in [9.17, 15) is 4.79 Å². The molecule has 4 nitrogen and oxygen atoms in total. The predicted octanol–water partition coefficient (Wildman–Crippen LogP) is 4.16. The van der Waals surface area contributed by atoms with Gasteiger partial charge in [0.15, 0.2) is 5.76 Å². The summed E-state index contributed by atoms with van der Waals surface area (Å²) in [4.78, 5) is 14.4. The number of anilines is 1. The van der Waals surface area contributed by atoms with Crippen LogP contribution in [0.4, 0.5) is 5.69 Å². The number of hydrogen-bond acceptors (Lipinski definition) is 3. The summed E-state index contributed by atoms with van der Waals surface area (Å²) in [5.74, 6) is 1.59. The number of likely N-dealkylation sites (tertiary alicyclic amines) is 1. The molecule has 2 N–H and O–H groups in total. The first-order chi connectivity index (χ1) is 10.5. The zero-order valence-electron chi connectivity index (χ0n) is 12.5. The van der Waals surface area contributed by atoms with Gasteiger partial charge in [-0.2, -0.15) is 0 Å². The second-order valence-electron chi connectivity index (χ2n) is 5.90. The van der Waals surface area contributed by atoms with E-state index in [4.69, 9.17) is 10.2 Å². The van der Waals surface area contributed by atoms with Crippen LogP contribution in [0, 0.1) is 5.92 Å². The van der Waals surface area contributed by atoms with Crippen LogP contribution in [0.1, 0.15) is 30.3 Å². The van der Waals surface area contributed by atoms with Gasteiger partial charge in [-0.05, 0) is 65.0 Å². The van der Waals surface area contributed by atoms with Crippen molar-refractivity contribution in [3.8, 4) is 11.3 Å². The fourth-order valence-corrected chi connectivity index (χ4v) is 3.45. The summed E-state index contributed by atoms with van der Waals surface area (Å²) in [5, 5.41) is 0. The molecule has 0 aliphatic carbocycles. The number of nitrogen functional groups attached to an aromatic ring is 1. The summed E-state index contributed by atoms with van der Waals surface area (Å²) in [7, 11) is 0. The zero-order valence-corrected chi connectivity index (χ0v) is 14.1. The van der Waals surface area contributed by atoms with Crippen molar-refractivity contribution in [3.05, 3.63) is 40.6 Å². The standard InChI is InChI=1S/C17H19BrN2O2/c1-11-3-2-8-20(10-11)17(21)16-7-6-15(22-16)13-5-4-12(19)9-14(13)18/h4-7,9,11H,2-3,8,10,19H2,1H3/t11-/m1/s1. The molecule has 0 spiro atoms. The maximum atomic E-state index is 12.5. The number of piperidine rings is 1. The Kier molecular flexibility index (Phi) is 4.25. The molecule has 1 aromatic heterocycles. The van der Waals surface area contributed by atoms with Gasteiger partial charge in [0.05, 0.1) is 0 Å². The number of hydrogen-bond donors (Lipinski definition) is 1. The first kappa shape index (κ1) is 15.2. The number of furan rings is 1. The number of benzene rings is 1. The molecule has 1 saturated heterocycles. The number of halogens is 1. The summed E-state index contributed by atoms with van der Waals surface area (Å²) in [5.41, 5.74) is 7.32. The SMILES string of the molecule is C[C@@H]1CCCN(C(=O)c2ccc(-c3ccc(N)cc3Br)o2)C1. The van der Waals surface area contributed by atoms with Crippen LogP contribution in [-0.4, -0.2) is 23.9 Å². The number of carbonyl (C=O) groups excluding carboxylic acids is 1. The molecule has 2 aromatic rings. The molecule has 0 bridgehead atoms. The summed E-state index contributed by atoms with van der Waals surface area (Å²) in [6, 6.07) is 9.11. The van der Waals surface area contributed by atoms with Crippen LogP contribution in [0.2, 0.25) is 0 Å². The lowest BCUT2D eigenvalue weighted by Gasteiger charge is -2.30. The van der Waals surface area contributed by atoms with Crippen LogP contribution < -0.4 is 5.73 Å². The lowest BCUT2D eigenvalue weighted by molar-refractivity contribution is 0.0652. The van der Waals surface area contributed by atoms with Gasteiger partial charge in [0.2, 0.25) is 0 Å². The molecule has 2 heterocycles. The van der Waals surface area contributed by atoms with Crippen molar-refractivity contribution >= 4 is 27.5 Å². The van der Waals surface area contributed by atoms with E-state index in [-0.39, 0.29) is 5.91 Å². The Hall–Kier alpha value is -1.75. The largest absolute Gasteiger partial charge is 0.451 e. The van der Waals surface area contributed by atoms with Crippen molar-refractivity contribution in [1.82, 2.24) is 4.90 Å². The molecule has 1 atom stereocenters. The zero-order chi connectivity index (χ0) is 15.7. The number of carbonyl (C=O) groups is 1. The minimum Gasteiger partial charge on any atom is -0.451 e. The monoisotopic (exact) mass is 362 g/mol. The Morgan fingerprint density at radius 2 is 2.18 bits per heavy atom. The van der Waals surface area contributed by atoms with E-state index in [1.165, 1.54) is 6.42 Å². The number of amides is 1. The fraction of sp³-hybridized carbons (Fsp3) is 0.353. The molecule has 22 heavy (non-hydrogen) atoms. The highest BCUT2D eigenvalue weighted by atomic mass is 79.9. The molecule has 1 amide bonds. The molecule has 116 valence electrons. The number of nitrogens with two attached hydrogens (primary N) is 1. The molecule has 1 fully saturated rings. The summed E-state index contributed by atoms with van der Waals surface area (Å²) >= 11 is 3.48. The molecule has 1 aromatic carbocycles. The van der Waals surface area contributed by atoms with Gasteiger partial charge in [0, 0.05) is 28.8 Å². The first-order valence-electron chi connectivity index (χ1n) is 7.49. The van der Waals surface area contributed by atoms with E-state index in [1.807, 2.05) is 29.2 Å².